The van der Waals surface area contributed by atoms with Crippen LogP contribution in [-0.2, 0) is 9.59 Å². The van der Waals surface area contributed by atoms with E-state index in [0.717, 1.165) is 16.0 Å². The van der Waals surface area contributed by atoms with Gasteiger partial charge in [0.25, 0.3) is 5.91 Å². The molecule has 104 valence electrons. The van der Waals surface area contributed by atoms with Crippen LogP contribution in [0.5, 0.6) is 0 Å². The summed E-state index contributed by atoms with van der Waals surface area (Å²) in [7, 11) is 0. The van der Waals surface area contributed by atoms with E-state index in [4.69, 9.17) is 0 Å². The van der Waals surface area contributed by atoms with Crippen molar-refractivity contribution in [3.63, 3.8) is 0 Å². The molecular weight excluding hydrogens is 324 g/mol. The standard InChI is InChI=1S/C14H13BrN2O3/c1-7-5-8(2)10(9(15)6-7)17-12(19)14(3-4-14)11(18)16-13(17)20/h5-6H,3-4H2,1-2H3,(H,16,18,20). The fourth-order valence-electron chi connectivity index (χ4n) is 2.64. The number of hydrogen-bond acceptors (Lipinski definition) is 3. The summed E-state index contributed by atoms with van der Waals surface area (Å²) < 4.78 is 0.670. The van der Waals surface area contributed by atoms with Gasteiger partial charge in [-0.3, -0.25) is 14.9 Å². The maximum Gasteiger partial charge on any atom is 0.335 e. The van der Waals surface area contributed by atoms with E-state index in [0.29, 0.717) is 23.0 Å². The molecule has 2 aliphatic rings. The maximum atomic E-state index is 12.5. The molecule has 1 aliphatic carbocycles. The van der Waals surface area contributed by atoms with Crippen molar-refractivity contribution in [2.24, 2.45) is 5.41 Å². The summed E-state index contributed by atoms with van der Waals surface area (Å²) >= 11 is 3.40. The minimum atomic E-state index is -1.02. The zero-order valence-corrected chi connectivity index (χ0v) is 12.7. The van der Waals surface area contributed by atoms with Crippen LogP contribution in [0.25, 0.3) is 0 Å². The van der Waals surface area contributed by atoms with Gasteiger partial charge in [-0.2, -0.15) is 0 Å². The van der Waals surface area contributed by atoms with Gasteiger partial charge in [0.2, 0.25) is 5.91 Å². The summed E-state index contributed by atoms with van der Waals surface area (Å²) in [5.41, 5.74) is 1.33. The van der Waals surface area contributed by atoms with E-state index in [1.165, 1.54) is 0 Å². The molecule has 1 aromatic rings. The molecule has 0 unspecified atom stereocenters. The lowest BCUT2D eigenvalue weighted by atomic mass is 10.0. The first kappa shape index (κ1) is 13.3. The summed E-state index contributed by atoms with van der Waals surface area (Å²) in [6.07, 6.45) is 1.01. The van der Waals surface area contributed by atoms with E-state index >= 15 is 0 Å². The molecule has 6 heteroatoms. The van der Waals surface area contributed by atoms with E-state index in [-0.39, 0.29) is 0 Å². The van der Waals surface area contributed by atoms with E-state index < -0.39 is 23.3 Å². The highest BCUT2D eigenvalue weighted by Gasteiger charge is 2.62. The Morgan fingerprint density at radius 3 is 2.40 bits per heavy atom. The lowest BCUT2D eigenvalue weighted by Crippen LogP contribution is -2.59. The predicted octanol–water partition coefficient (Wildman–Crippen LogP) is 2.43. The van der Waals surface area contributed by atoms with Crippen LogP contribution >= 0.6 is 15.9 Å². The van der Waals surface area contributed by atoms with Crippen molar-refractivity contribution in [2.75, 3.05) is 4.90 Å². The Morgan fingerprint density at radius 1 is 1.20 bits per heavy atom. The van der Waals surface area contributed by atoms with Gasteiger partial charge in [-0.05, 0) is 59.8 Å². The second kappa shape index (κ2) is 4.15. The van der Waals surface area contributed by atoms with Crippen molar-refractivity contribution in [3.05, 3.63) is 27.7 Å². The number of carbonyl (C=O) groups is 3. The SMILES string of the molecule is Cc1cc(C)c(N2C(=O)NC(=O)C3(CC3)C2=O)c(Br)c1. The molecule has 1 N–H and O–H groups in total. The van der Waals surface area contributed by atoms with Crippen molar-refractivity contribution in [2.45, 2.75) is 26.7 Å². The molecule has 1 saturated heterocycles. The Hall–Kier alpha value is -1.69. The number of imide groups is 2. The van der Waals surface area contributed by atoms with Crippen molar-refractivity contribution >= 4 is 39.5 Å². The number of benzene rings is 1. The molecule has 1 saturated carbocycles. The Labute approximate surface area is 124 Å². The molecule has 4 amide bonds. The molecule has 1 spiro atoms. The number of barbiturate groups is 1. The number of nitrogens with zero attached hydrogens (tertiary/aromatic N) is 1. The van der Waals surface area contributed by atoms with Gasteiger partial charge in [-0.25, -0.2) is 9.69 Å². The average molecular weight is 337 g/mol. The van der Waals surface area contributed by atoms with Crippen LogP contribution < -0.4 is 10.2 Å². The van der Waals surface area contributed by atoms with E-state index in [9.17, 15) is 14.4 Å². The van der Waals surface area contributed by atoms with E-state index in [1.54, 1.807) is 0 Å². The van der Waals surface area contributed by atoms with E-state index in [1.807, 2.05) is 26.0 Å². The summed E-state index contributed by atoms with van der Waals surface area (Å²) in [4.78, 5) is 37.5. The number of carbonyl (C=O) groups excluding carboxylic acids is 3. The number of urea groups is 1. The monoisotopic (exact) mass is 336 g/mol. The molecule has 0 aromatic heterocycles. The highest BCUT2D eigenvalue weighted by atomic mass is 79.9. The molecule has 20 heavy (non-hydrogen) atoms. The first-order valence-electron chi connectivity index (χ1n) is 6.33. The number of rotatable bonds is 1. The number of nitrogens with one attached hydrogen (secondary N) is 1. The fraction of sp³-hybridized carbons (Fsp3) is 0.357. The van der Waals surface area contributed by atoms with Crippen LogP contribution in [0, 0.1) is 19.3 Å². The zero-order valence-electron chi connectivity index (χ0n) is 11.1. The highest BCUT2D eigenvalue weighted by Crippen LogP contribution is 2.50. The van der Waals surface area contributed by atoms with E-state index in [2.05, 4.69) is 21.2 Å². The van der Waals surface area contributed by atoms with Crippen molar-refractivity contribution in [1.29, 1.82) is 0 Å². The normalized spacial score (nSPS) is 20.4. The molecule has 0 radical (unpaired) electrons. The number of aryl methyl sites for hydroxylation is 2. The molecular formula is C14H13BrN2O3. The largest absolute Gasteiger partial charge is 0.335 e. The van der Waals surface area contributed by atoms with Gasteiger partial charge in [-0.1, -0.05) is 6.07 Å². The lowest BCUT2D eigenvalue weighted by molar-refractivity contribution is -0.136. The summed E-state index contributed by atoms with van der Waals surface area (Å²) in [6, 6.07) is 3.07. The number of amides is 4. The van der Waals surface area contributed by atoms with Crippen molar-refractivity contribution < 1.29 is 14.4 Å². The van der Waals surface area contributed by atoms with Crippen LogP contribution in [0.4, 0.5) is 10.5 Å². The van der Waals surface area contributed by atoms with Gasteiger partial charge in [-0.15, -0.1) is 0 Å². The molecule has 0 atom stereocenters. The Morgan fingerprint density at radius 2 is 1.85 bits per heavy atom. The molecule has 0 bridgehead atoms. The third-order valence-electron chi connectivity index (χ3n) is 3.84. The predicted molar refractivity (Wildman–Crippen MR) is 76.3 cm³/mol. The fourth-order valence-corrected chi connectivity index (χ4v) is 3.49. The van der Waals surface area contributed by atoms with Crippen LogP contribution in [0.3, 0.4) is 0 Å². The Kier molecular flexibility index (Phi) is 2.76. The molecule has 3 rings (SSSR count). The second-order valence-corrected chi connectivity index (χ2v) is 6.25. The van der Waals surface area contributed by atoms with Crippen LogP contribution in [0.1, 0.15) is 24.0 Å². The van der Waals surface area contributed by atoms with Crippen LogP contribution in [-0.4, -0.2) is 17.8 Å². The van der Waals surface area contributed by atoms with Crippen LogP contribution in [0.2, 0.25) is 0 Å². The Balaban J connectivity index is 2.12. The number of hydrogen-bond donors (Lipinski definition) is 1. The Bertz CT molecular complexity index is 641. The molecule has 1 aliphatic heterocycles. The number of halogens is 1. The molecule has 5 nitrogen and oxygen atoms in total. The molecule has 1 aromatic carbocycles. The van der Waals surface area contributed by atoms with Crippen LogP contribution in [0.15, 0.2) is 16.6 Å². The van der Waals surface area contributed by atoms with Crippen molar-refractivity contribution in [1.82, 2.24) is 5.32 Å². The third kappa shape index (κ3) is 1.71. The number of anilines is 1. The van der Waals surface area contributed by atoms with Crippen molar-refractivity contribution in [3.8, 4) is 0 Å². The minimum absolute atomic E-state index is 0.418. The highest BCUT2D eigenvalue weighted by molar-refractivity contribution is 9.10. The van der Waals surface area contributed by atoms with Gasteiger partial charge in [0.15, 0.2) is 0 Å². The smallest absolute Gasteiger partial charge is 0.276 e. The van der Waals surface area contributed by atoms with Gasteiger partial charge < -0.3 is 0 Å². The summed E-state index contributed by atoms with van der Waals surface area (Å²) in [5, 5.41) is 2.29. The maximum absolute atomic E-state index is 12.5. The summed E-state index contributed by atoms with van der Waals surface area (Å²) in [6.45, 7) is 3.77. The average Bonchev–Trinajstić information content (AvgIpc) is 3.12. The van der Waals surface area contributed by atoms with Gasteiger partial charge in [0, 0.05) is 4.47 Å². The van der Waals surface area contributed by atoms with Gasteiger partial charge in [0.05, 0.1) is 5.69 Å². The third-order valence-corrected chi connectivity index (χ3v) is 4.45. The first-order valence-corrected chi connectivity index (χ1v) is 7.13. The second-order valence-electron chi connectivity index (χ2n) is 5.39. The lowest BCUT2D eigenvalue weighted by Gasteiger charge is -2.31. The minimum Gasteiger partial charge on any atom is -0.276 e. The van der Waals surface area contributed by atoms with Gasteiger partial charge in [0.1, 0.15) is 5.41 Å². The topological polar surface area (TPSA) is 66.5 Å². The first-order chi connectivity index (χ1) is 9.36. The molecule has 2 fully saturated rings. The van der Waals surface area contributed by atoms with Gasteiger partial charge >= 0.3 is 6.03 Å². The quantitative estimate of drug-likeness (QED) is 0.801. The summed E-state index contributed by atoms with van der Waals surface area (Å²) in [5.74, 6) is -0.886. The molecule has 1 heterocycles. The zero-order chi connectivity index (χ0) is 14.7.